The van der Waals surface area contributed by atoms with Crippen molar-refractivity contribution < 1.29 is 13.9 Å². The Morgan fingerprint density at radius 1 is 1.24 bits per heavy atom. The van der Waals surface area contributed by atoms with E-state index in [0.29, 0.717) is 39.1 Å². The number of hydrogen-bond acceptors (Lipinski definition) is 3. The van der Waals surface area contributed by atoms with E-state index < -0.39 is 6.17 Å². The Hall–Kier alpha value is -2.21. The Morgan fingerprint density at radius 3 is 2.88 bits per heavy atom. The molecular formula is C19H22FN3O2. The van der Waals surface area contributed by atoms with Crippen molar-refractivity contribution in [3.8, 4) is 0 Å². The lowest BCUT2D eigenvalue weighted by atomic mass is 9.82. The number of pyridine rings is 1. The summed E-state index contributed by atoms with van der Waals surface area (Å²) in [6.45, 7) is 2.21. The van der Waals surface area contributed by atoms with E-state index in [1.807, 2.05) is 41.4 Å². The summed E-state index contributed by atoms with van der Waals surface area (Å²) in [5.41, 5.74) is 1.96. The highest BCUT2D eigenvalue weighted by molar-refractivity contribution is 5.80. The van der Waals surface area contributed by atoms with E-state index >= 15 is 0 Å². The van der Waals surface area contributed by atoms with E-state index in [-0.39, 0.29) is 17.9 Å². The summed E-state index contributed by atoms with van der Waals surface area (Å²) in [6.07, 6.45) is 3.55. The zero-order valence-electron chi connectivity index (χ0n) is 14.1. The molecule has 6 heteroatoms. The summed E-state index contributed by atoms with van der Waals surface area (Å²) in [5.74, 6) is -0.122. The lowest BCUT2D eigenvalue weighted by Gasteiger charge is -2.34. The first-order valence-electron chi connectivity index (χ1n) is 8.77. The van der Waals surface area contributed by atoms with E-state index in [4.69, 9.17) is 4.74 Å². The molecule has 1 fully saturated rings. The van der Waals surface area contributed by atoms with E-state index in [0.717, 1.165) is 11.4 Å². The number of carbonyl (C=O) groups excluding carboxylic acids is 1. The SMILES string of the molecule is O=C(C1CC(F)C1)N1Cc2cccn2C[C@H](OCc2ccccn2)C1. The summed E-state index contributed by atoms with van der Waals surface area (Å²) in [4.78, 5) is 18.8. The molecule has 0 aromatic carbocycles. The molecule has 1 saturated carbocycles. The molecule has 2 aliphatic rings. The first-order chi connectivity index (χ1) is 12.2. The fourth-order valence-electron chi connectivity index (χ4n) is 3.52. The van der Waals surface area contributed by atoms with Gasteiger partial charge in [-0.2, -0.15) is 0 Å². The summed E-state index contributed by atoms with van der Waals surface area (Å²) in [7, 11) is 0. The van der Waals surface area contributed by atoms with Gasteiger partial charge >= 0.3 is 0 Å². The number of halogens is 1. The Morgan fingerprint density at radius 2 is 2.12 bits per heavy atom. The third kappa shape index (κ3) is 3.58. The fraction of sp³-hybridized carbons (Fsp3) is 0.474. The first kappa shape index (κ1) is 16.3. The molecule has 0 spiro atoms. The summed E-state index contributed by atoms with van der Waals surface area (Å²) in [5, 5.41) is 0. The summed E-state index contributed by atoms with van der Waals surface area (Å²) < 4.78 is 21.3. The van der Waals surface area contributed by atoms with Crippen molar-refractivity contribution in [2.45, 2.75) is 44.8 Å². The molecule has 4 rings (SSSR count). The van der Waals surface area contributed by atoms with Gasteiger partial charge in [0, 0.05) is 30.6 Å². The zero-order valence-corrected chi connectivity index (χ0v) is 14.1. The average molecular weight is 343 g/mol. The molecule has 0 N–H and O–H groups in total. The molecular weight excluding hydrogens is 321 g/mol. The number of hydrogen-bond donors (Lipinski definition) is 0. The van der Waals surface area contributed by atoms with Crippen LogP contribution in [0.15, 0.2) is 42.7 Å². The molecule has 1 amide bonds. The third-order valence-corrected chi connectivity index (χ3v) is 5.04. The van der Waals surface area contributed by atoms with Crippen LogP contribution < -0.4 is 0 Å². The molecule has 132 valence electrons. The summed E-state index contributed by atoms with van der Waals surface area (Å²) in [6, 6.07) is 9.75. The minimum atomic E-state index is -0.819. The van der Waals surface area contributed by atoms with E-state index in [2.05, 4.69) is 9.55 Å². The van der Waals surface area contributed by atoms with Crippen molar-refractivity contribution in [1.82, 2.24) is 14.5 Å². The van der Waals surface area contributed by atoms with E-state index in [1.165, 1.54) is 0 Å². The second kappa shape index (κ2) is 6.96. The van der Waals surface area contributed by atoms with Crippen LogP contribution in [0.1, 0.15) is 24.2 Å². The predicted molar refractivity (Wildman–Crippen MR) is 90.3 cm³/mol. The van der Waals surface area contributed by atoms with Crippen molar-refractivity contribution in [1.29, 1.82) is 0 Å². The molecule has 0 saturated heterocycles. The van der Waals surface area contributed by atoms with Gasteiger partial charge in [0.25, 0.3) is 0 Å². The molecule has 1 aliphatic carbocycles. The molecule has 25 heavy (non-hydrogen) atoms. The van der Waals surface area contributed by atoms with Crippen molar-refractivity contribution in [2.75, 3.05) is 6.54 Å². The van der Waals surface area contributed by atoms with Gasteiger partial charge < -0.3 is 14.2 Å². The number of nitrogens with zero attached hydrogens (tertiary/aromatic N) is 3. The quantitative estimate of drug-likeness (QED) is 0.857. The number of rotatable bonds is 4. The number of fused-ring (bicyclic) bond motifs is 1. The van der Waals surface area contributed by atoms with Crippen LogP contribution in [0, 0.1) is 5.92 Å². The van der Waals surface area contributed by atoms with Crippen LogP contribution in [-0.2, 0) is 29.2 Å². The Kier molecular flexibility index (Phi) is 4.53. The largest absolute Gasteiger partial charge is 0.368 e. The standard InChI is InChI=1S/C19H22FN3O2/c20-15-8-14(9-15)19(24)23-10-17-5-3-7-22(17)11-18(12-23)25-13-16-4-1-2-6-21-16/h1-7,14-15,18H,8-13H2/t14?,15?,18-/m0/s1. The van der Waals surface area contributed by atoms with Crippen LogP contribution in [0.4, 0.5) is 4.39 Å². The number of ether oxygens (including phenoxy) is 1. The second-order valence-corrected chi connectivity index (χ2v) is 6.89. The number of aromatic nitrogens is 2. The van der Waals surface area contributed by atoms with Gasteiger partial charge in [-0.15, -0.1) is 0 Å². The topological polar surface area (TPSA) is 47.4 Å². The maximum absolute atomic E-state index is 13.1. The van der Waals surface area contributed by atoms with Gasteiger partial charge in [-0.1, -0.05) is 6.07 Å². The lowest BCUT2D eigenvalue weighted by Crippen LogP contribution is -2.44. The Bertz CT molecular complexity index is 727. The third-order valence-electron chi connectivity index (χ3n) is 5.04. The monoisotopic (exact) mass is 343 g/mol. The molecule has 3 heterocycles. The van der Waals surface area contributed by atoms with E-state index in [1.54, 1.807) is 6.20 Å². The molecule has 0 unspecified atom stereocenters. The van der Waals surface area contributed by atoms with Crippen molar-refractivity contribution in [3.05, 3.63) is 54.1 Å². The normalized spacial score (nSPS) is 25.8. The van der Waals surface area contributed by atoms with Crippen LogP contribution in [0.25, 0.3) is 0 Å². The Labute approximate surface area is 146 Å². The van der Waals surface area contributed by atoms with Gasteiger partial charge in [0.2, 0.25) is 5.91 Å². The van der Waals surface area contributed by atoms with E-state index in [9.17, 15) is 9.18 Å². The Balaban J connectivity index is 1.46. The zero-order chi connectivity index (χ0) is 17.2. The number of amides is 1. The lowest BCUT2D eigenvalue weighted by molar-refractivity contribution is -0.143. The second-order valence-electron chi connectivity index (χ2n) is 6.89. The minimum absolute atomic E-state index is 0.0509. The van der Waals surface area contributed by atoms with Crippen molar-refractivity contribution in [3.63, 3.8) is 0 Å². The van der Waals surface area contributed by atoms with Crippen molar-refractivity contribution in [2.24, 2.45) is 5.92 Å². The molecule has 2 aromatic rings. The van der Waals surface area contributed by atoms with Gasteiger partial charge in [-0.05, 0) is 37.1 Å². The molecule has 0 radical (unpaired) electrons. The molecule has 1 aliphatic heterocycles. The minimum Gasteiger partial charge on any atom is -0.368 e. The highest BCUT2D eigenvalue weighted by atomic mass is 19.1. The van der Waals surface area contributed by atoms with Gasteiger partial charge in [-0.3, -0.25) is 9.78 Å². The molecule has 2 aromatic heterocycles. The van der Waals surface area contributed by atoms with Gasteiger partial charge in [-0.25, -0.2) is 4.39 Å². The highest BCUT2D eigenvalue weighted by Crippen LogP contribution is 2.32. The maximum atomic E-state index is 13.1. The molecule has 5 nitrogen and oxygen atoms in total. The smallest absolute Gasteiger partial charge is 0.226 e. The highest BCUT2D eigenvalue weighted by Gasteiger charge is 2.38. The molecule has 0 bridgehead atoms. The number of alkyl halides is 1. The van der Waals surface area contributed by atoms with Crippen molar-refractivity contribution >= 4 is 5.91 Å². The van der Waals surface area contributed by atoms with Crippen LogP contribution >= 0.6 is 0 Å². The van der Waals surface area contributed by atoms with Gasteiger partial charge in [0.15, 0.2) is 0 Å². The van der Waals surface area contributed by atoms with Crippen LogP contribution in [0.3, 0.4) is 0 Å². The predicted octanol–water partition coefficient (Wildman–Crippen LogP) is 2.56. The van der Waals surface area contributed by atoms with Crippen LogP contribution in [-0.4, -0.2) is 39.2 Å². The fourth-order valence-corrected chi connectivity index (χ4v) is 3.52. The number of carbonyl (C=O) groups is 1. The first-order valence-corrected chi connectivity index (χ1v) is 8.77. The summed E-state index contributed by atoms with van der Waals surface area (Å²) >= 11 is 0. The van der Waals surface area contributed by atoms with Crippen LogP contribution in [0.5, 0.6) is 0 Å². The average Bonchev–Trinajstić information content (AvgIpc) is 2.95. The van der Waals surface area contributed by atoms with Crippen LogP contribution in [0.2, 0.25) is 0 Å². The van der Waals surface area contributed by atoms with Gasteiger partial charge in [0.05, 0.1) is 31.5 Å². The maximum Gasteiger partial charge on any atom is 0.226 e. The van der Waals surface area contributed by atoms with Gasteiger partial charge in [0.1, 0.15) is 6.17 Å². The molecule has 1 atom stereocenters.